The highest BCUT2D eigenvalue weighted by atomic mass is 15.0. The fourth-order valence-electron chi connectivity index (χ4n) is 9.56. The third-order valence-corrected chi connectivity index (χ3v) is 12.5. The standard InChI is InChI=1S/C60H40N2/c1-3-15-41(16-4-1)44-17-13-19-46(37-44)47-20-14-18-45(38-47)42-29-31-43(32-30-42)51-23-7-10-26-56(51)62-58-28-12-9-25-53(58)55-40-49(34-36-60(55)62)48-33-35-59-54(39-48)52-24-8-11-27-57(52)61(59)50-21-5-2-6-22-50/h1-40H. The van der Waals surface area contributed by atoms with E-state index in [1.807, 2.05) is 0 Å². The summed E-state index contributed by atoms with van der Waals surface area (Å²) >= 11 is 0. The van der Waals surface area contributed by atoms with Crippen LogP contribution in [0.4, 0.5) is 0 Å². The maximum atomic E-state index is 2.45. The van der Waals surface area contributed by atoms with E-state index < -0.39 is 0 Å². The number of para-hydroxylation sites is 4. The zero-order chi connectivity index (χ0) is 41.0. The molecule has 0 saturated carbocycles. The van der Waals surface area contributed by atoms with Gasteiger partial charge in [-0.2, -0.15) is 0 Å². The Morgan fingerprint density at radius 3 is 1.21 bits per heavy atom. The van der Waals surface area contributed by atoms with Crippen LogP contribution in [0.15, 0.2) is 243 Å². The maximum absolute atomic E-state index is 2.45. The molecule has 0 fully saturated rings. The monoisotopic (exact) mass is 788 g/mol. The zero-order valence-electron chi connectivity index (χ0n) is 34.0. The molecule has 0 N–H and O–H groups in total. The Morgan fingerprint density at radius 1 is 0.210 bits per heavy atom. The summed E-state index contributed by atoms with van der Waals surface area (Å²) in [6, 6.07) is 88.3. The van der Waals surface area contributed by atoms with Gasteiger partial charge in [-0.25, -0.2) is 0 Å². The minimum Gasteiger partial charge on any atom is -0.309 e. The second-order valence-electron chi connectivity index (χ2n) is 16.1. The molecule has 0 aliphatic rings. The van der Waals surface area contributed by atoms with Crippen molar-refractivity contribution in [2.24, 2.45) is 0 Å². The highest BCUT2D eigenvalue weighted by Gasteiger charge is 2.18. The molecular formula is C60H40N2. The van der Waals surface area contributed by atoms with Gasteiger partial charge in [-0.1, -0.05) is 176 Å². The van der Waals surface area contributed by atoms with Gasteiger partial charge in [-0.05, 0) is 117 Å². The summed E-state index contributed by atoms with van der Waals surface area (Å²) in [4.78, 5) is 0. The van der Waals surface area contributed by atoms with Crippen molar-refractivity contribution in [1.82, 2.24) is 9.13 Å². The van der Waals surface area contributed by atoms with Crippen molar-refractivity contribution in [3.63, 3.8) is 0 Å². The van der Waals surface area contributed by atoms with Gasteiger partial charge < -0.3 is 9.13 Å². The van der Waals surface area contributed by atoms with Gasteiger partial charge in [0.05, 0.1) is 27.8 Å². The first kappa shape index (κ1) is 35.7. The van der Waals surface area contributed by atoms with Crippen LogP contribution in [0.2, 0.25) is 0 Å². The summed E-state index contributed by atoms with van der Waals surface area (Å²) in [6.07, 6.45) is 0. The molecule has 10 aromatic carbocycles. The highest BCUT2D eigenvalue weighted by Crippen LogP contribution is 2.40. The van der Waals surface area contributed by atoms with Crippen LogP contribution in [0.25, 0.3) is 111 Å². The second kappa shape index (κ2) is 14.8. The van der Waals surface area contributed by atoms with E-state index in [9.17, 15) is 0 Å². The lowest BCUT2D eigenvalue weighted by Gasteiger charge is -2.15. The van der Waals surface area contributed by atoms with Crippen molar-refractivity contribution in [2.75, 3.05) is 0 Å². The zero-order valence-corrected chi connectivity index (χ0v) is 34.0. The molecule has 2 heteroatoms. The fraction of sp³-hybridized carbons (Fsp3) is 0. The smallest absolute Gasteiger partial charge is 0.0541 e. The number of rotatable bonds is 7. The van der Waals surface area contributed by atoms with Crippen molar-refractivity contribution in [3.05, 3.63) is 243 Å². The van der Waals surface area contributed by atoms with E-state index in [4.69, 9.17) is 0 Å². The van der Waals surface area contributed by atoms with Gasteiger partial charge in [0.1, 0.15) is 0 Å². The largest absolute Gasteiger partial charge is 0.309 e. The number of hydrogen-bond acceptors (Lipinski definition) is 0. The van der Waals surface area contributed by atoms with E-state index in [1.165, 1.54) is 105 Å². The molecular weight excluding hydrogens is 749 g/mol. The van der Waals surface area contributed by atoms with E-state index in [0.717, 1.165) is 5.69 Å². The summed E-state index contributed by atoms with van der Waals surface area (Å²) in [7, 11) is 0. The number of nitrogens with zero attached hydrogens (tertiary/aromatic N) is 2. The number of aromatic nitrogens is 2. The van der Waals surface area contributed by atoms with Crippen LogP contribution < -0.4 is 0 Å². The van der Waals surface area contributed by atoms with Gasteiger partial charge in [-0.15, -0.1) is 0 Å². The molecule has 62 heavy (non-hydrogen) atoms. The van der Waals surface area contributed by atoms with Crippen LogP contribution in [0, 0.1) is 0 Å². The molecule has 2 aromatic heterocycles. The number of fused-ring (bicyclic) bond motifs is 6. The van der Waals surface area contributed by atoms with E-state index >= 15 is 0 Å². The second-order valence-corrected chi connectivity index (χ2v) is 16.1. The molecule has 2 nitrogen and oxygen atoms in total. The van der Waals surface area contributed by atoms with Crippen LogP contribution in [0.1, 0.15) is 0 Å². The topological polar surface area (TPSA) is 9.86 Å². The minimum atomic E-state index is 1.16. The van der Waals surface area contributed by atoms with Crippen molar-refractivity contribution in [2.45, 2.75) is 0 Å². The Hall–Kier alpha value is -8.20. The van der Waals surface area contributed by atoms with Gasteiger partial charge >= 0.3 is 0 Å². The Kier molecular flexibility index (Phi) is 8.53. The molecule has 2 heterocycles. The SMILES string of the molecule is c1ccc(-c2cccc(-c3cccc(-c4ccc(-c5ccccc5-n5c6ccccc6c6cc(-c7ccc8c(c7)c7ccccc7n8-c7ccccc7)ccc65)cc4)c3)c2)cc1. The molecule has 12 rings (SSSR count). The molecule has 0 spiro atoms. The predicted molar refractivity (Wildman–Crippen MR) is 262 cm³/mol. The highest BCUT2D eigenvalue weighted by molar-refractivity contribution is 6.13. The van der Waals surface area contributed by atoms with Gasteiger partial charge in [0.2, 0.25) is 0 Å². The van der Waals surface area contributed by atoms with Crippen molar-refractivity contribution in [3.8, 4) is 67.0 Å². The molecule has 290 valence electrons. The Morgan fingerprint density at radius 2 is 0.597 bits per heavy atom. The van der Waals surface area contributed by atoms with Crippen LogP contribution in [-0.2, 0) is 0 Å². The van der Waals surface area contributed by atoms with Crippen LogP contribution in [0.3, 0.4) is 0 Å². The third-order valence-electron chi connectivity index (χ3n) is 12.5. The average Bonchev–Trinajstić information content (AvgIpc) is 3.87. The minimum absolute atomic E-state index is 1.16. The van der Waals surface area contributed by atoms with Crippen molar-refractivity contribution < 1.29 is 0 Å². The van der Waals surface area contributed by atoms with Crippen LogP contribution >= 0.6 is 0 Å². The van der Waals surface area contributed by atoms with Crippen molar-refractivity contribution >= 4 is 43.6 Å². The van der Waals surface area contributed by atoms with E-state index in [0.29, 0.717) is 0 Å². The molecule has 0 aliphatic carbocycles. The van der Waals surface area contributed by atoms with Gasteiger partial charge in [0.15, 0.2) is 0 Å². The Bertz CT molecular complexity index is 3610. The maximum Gasteiger partial charge on any atom is 0.0541 e. The predicted octanol–water partition coefficient (Wildman–Crippen LogP) is 16.2. The molecule has 0 unspecified atom stereocenters. The third kappa shape index (κ3) is 6.04. The Balaban J connectivity index is 0.913. The molecule has 0 radical (unpaired) electrons. The van der Waals surface area contributed by atoms with Gasteiger partial charge in [0, 0.05) is 32.8 Å². The summed E-state index contributed by atoms with van der Waals surface area (Å²) in [5.41, 5.74) is 19.2. The van der Waals surface area contributed by atoms with Crippen molar-refractivity contribution in [1.29, 1.82) is 0 Å². The first-order valence-electron chi connectivity index (χ1n) is 21.3. The average molecular weight is 789 g/mol. The molecule has 0 amide bonds. The Labute approximate surface area is 360 Å². The normalized spacial score (nSPS) is 11.5. The lowest BCUT2D eigenvalue weighted by atomic mass is 9.95. The molecule has 0 bridgehead atoms. The van der Waals surface area contributed by atoms with Gasteiger partial charge in [0.25, 0.3) is 0 Å². The lowest BCUT2D eigenvalue weighted by molar-refractivity contribution is 1.18. The van der Waals surface area contributed by atoms with E-state index in [1.54, 1.807) is 0 Å². The van der Waals surface area contributed by atoms with Crippen LogP contribution in [-0.4, -0.2) is 9.13 Å². The van der Waals surface area contributed by atoms with E-state index in [2.05, 4.69) is 252 Å². The molecule has 0 atom stereocenters. The molecule has 0 aliphatic heterocycles. The number of hydrogen-bond donors (Lipinski definition) is 0. The molecule has 0 saturated heterocycles. The van der Waals surface area contributed by atoms with Crippen LogP contribution in [0.5, 0.6) is 0 Å². The first-order valence-corrected chi connectivity index (χ1v) is 21.3. The number of benzene rings is 10. The molecule has 12 aromatic rings. The van der Waals surface area contributed by atoms with E-state index in [-0.39, 0.29) is 0 Å². The van der Waals surface area contributed by atoms with Gasteiger partial charge in [-0.3, -0.25) is 0 Å². The quantitative estimate of drug-likeness (QED) is 0.152. The summed E-state index contributed by atoms with van der Waals surface area (Å²) in [5.74, 6) is 0. The fourth-order valence-corrected chi connectivity index (χ4v) is 9.56. The summed E-state index contributed by atoms with van der Waals surface area (Å²) < 4.78 is 4.82. The lowest BCUT2D eigenvalue weighted by Crippen LogP contribution is -1.97. The summed E-state index contributed by atoms with van der Waals surface area (Å²) in [5, 5.41) is 4.99. The first-order chi connectivity index (χ1) is 30.7. The summed E-state index contributed by atoms with van der Waals surface area (Å²) in [6.45, 7) is 0.